The maximum Gasteiger partial charge on any atom is 0.0397 e. The van der Waals surface area contributed by atoms with E-state index in [0.29, 0.717) is 11.8 Å². The molecule has 4 aromatic rings. The first-order chi connectivity index (χ1) is 20.3. The van der Waals surface area contributed by atoms with Gasteiger partial charge in [-0.05, 0) is 70.2 Å². The second-order valence-corrected chi connectivity index (χ2v) is 13.1. The Morgan fingerprint density at radius 3 is 1.37 bits per heavy atom. The van der Waals surface area contributed by atoms with E-state index in [1.807, 2.05) is 0 Å². The quantitative estimate of drug-likeness (QED) is 0.154. The highest BCUT2D eigenvalue weighted by Gasteiger charge is 2.30. The van der Waals surface area contributed by atoms with Gasteiger partial charge in [-0.15, -0.1) is 0 Å². The van der Waals surface area contributed by atoms with E-state index in [9.17, 15) is 0 Å². The molecule has 0 N–H and O–H groups in total. The van der Waals surface area contributed by atoms with Crippen LogP contribution in [0.2, 0.25) is 12.1 Å². The van der Waals surface area contributed by atoms with Crippen molar-refractivity contribution in [3.05, 3.63) is 130 Å². The maximum absolute atomic E-state index is 2.56. The van der Waals surface area contributed by atoms with Gasteiger partial charge in [0, 0.05) is 21.4 Å². The summed E-state index contributed by atoms with van der Waals surface area (Å²) >= 11 is 0. The average Bonchev–Trinajstić information content (AvgIpc) is 3.57. The summed E-state index contributed by atoms with van der Waals surface area (Å²) in [6, 6.07) is 38.5. The standard InChI is InChI=1S/C40H42Si/c1-3-5-15-31-25-37-33(29-17-9-7-10-18-29)21-13-23-35(37)39(31)27-41-28-40-32(16-6-4-2)26-38-34(22-14-24-36(38)40)30-19-11-8-12-20-30/h7-14,17-26,39-40H,3-6,15-16,27-28H2,1-2H3. The number of benzene rings is 4. The molecule has 0 nitrogen and oxygen atoms in total. The van der Waals surface area contributed by atoms with E-state index in [1.54, 1.807) is 22.3 Å². The molecule has 2 unspecified atom stereocenters. The minimum atomic E-state index is 0.568. The third-order valence-electron chi connectivity index (χ3n) is 9.09. The van der Waals surface area contributed by atoms with Gasteiger partial charge in [-0.2, -0.15) is 0 Å². The Hall–Kier alpha value is -3.42. The van der Waals surface area contributed by atoms with Gasteiger partial charge in [0.05, 0.1) is 0 Å². The fraction of sp³-hybridized carbons (Fsp3) is 0.300. The van der Waals surface area contributed by atoms with Gasteiger partial charge in [0.25, 0.3) is 0 Å². The van der Waals surface area contributed by atoms with Crippen LogP contribution >= 0.6 is 0 Å². The van der Waals surface area contributed by atoms with E-state index >= 15 is 0 Å². The average molecular weight is 551 g/mol. The lowest BCUT2D eigenvalue weighted by molar-refractivity contribution is 0.730. The number of allylic oxidation sites excluding steroid dienone is 2. The monoisotopic (exact) mass is 550 g/mol. The normalized spacial score (nSPS) is 17.2. The minimum Gasteiger partial charge on any atom is -0.0654 e. The number of hydrogen-bond acceptors (Lipinski definition) is 0. The molecule has 2 aliphatic rings. The van der Waals surface area contributed by atoms with Crippen molar-refractivity contribution in [2.75, 3.05) is 0 Å². The van der Waals surface area contributed by atoms with Crippen LogP contribution in [0.4, 0.5) is 0 Å². The van der Waals surface area contributed by atoms with Crippen molar-refractivity contribution < 1.29 is 0 Å². The fourth-order valence-electron chi connectivity index (χ4n) is 6.92. The first-order valence-corrected chi connectivity index (χ1v) is 17.2. The van der Waals surface area contributed by atoms with E-state index in [2.05, 4.69) is 123 Å². The largest absolute Gasteiger partial charge is 0.0654 e. The van der Waals surface area contributed by atoms with Gasteiger partial charge in [0.15, 0.2) is 0 Å². The second-order valence-electron chi connectivity index (χ2n) is 11.8. The number of hydrogen-bond donors (Lipinski definition) is 0. The van der Waals surface area contributed by atoms with Crippen LogP contribution in [0.1, 0.15) is 86.5 Å². The van der Waals surface area contributed by atoms with Gasteiger partial charge in [0.2, 0.25) is 0 Å². The first kappa shape index (κ1) is 27.7. The van der Waals surface area contributed by atoms with Crippen molar-refractivity contribution in [2.24, 2.45) is 0 Å². The van der Waals surface area contributed by atoms with Crippen LogP contribution in [0.5, 0.6) is 0 Å². The molecule has 2 aliphatic carbocycles. The molecule has 6 rings (SSSR count). The molecule has 0 spiro atoms. The summed E-state index contributed by atoms with van der Waals surface area (Å²) in [5.41, 5.74) is 14.9. The molecular weight excluding hydrogens is 509 g/mol. The summed E-state index contributed by atoms with van der Waals surface area (Å²) in [4.78, 5) is 0. The molecule has 0 aliphatic heterocycles. The van der Waals surface area contributed by atoms with Crippen LogP contribution < -0.4 is 0 Å². The molecule has 0 heterocycles. The molecule has 2 atom stereocenters. The van der Waals surface area contributed by atoms with Crippen molar-refractivity contribution in [2.45, 2.75) is 76.3 Å². The van der Waals surface area contributed by atoms with E-state index in [4.69, 9.17) is 0 Å². The van der Waals surface area contributed by atoms with Crippen molar-refractivity contribution in [1.29, 1.82) is 0 Å². The molecule has 0 amide bonds. The predicted octanol–water partition coefficient (Wildman–Crippen LogP) is 11.6. The predicted molar refractivity (Wildman–Crippen MR) is 180 cm³/mol. The van der Waals surface area contributed by atoms with Gasteiger partial charge in [-0.3, -0.25) is 0 Å². The zero-order valence-electron chi connectivity index (χ0n) is 24.7. The summed E-state index contributed by atoms with van der Waals surface area (Å²) in [6.07, 6.45) is 12.6. The van der Waals surface area contributed by atoms with E-state index in [0.717, 1.165) is 9.52 Å². The summed E-state index contributed by atoms with van der Waals surface area (Å²) in [5.74, 6) is 1.14. The SMILES string of the molecule is CCCCC1=Cc2c(-c3ccccc3)cccc2C1C[Si]CC1C(CCCC)=Cc2c(-c3ccccc3)cccc21. The molecule has 4 aromatic carbocycles. The maximum atomic E-state index is 2.56. The third-order valence-corrected chi connectivity index (χ3v) is 10.5. The summed E-state index contributed by atoms with van der Waals surface area (Å²) < 4.78 is 0. The Kier molecular flexibility index (Phi) is 8.82. The molecular formula is C40H42Si. The smallest absolute Gasteiger partial charge is 0.0397 e. The van der Waals surface area contributed by atoms with Crippen molar-refractivity contribution in [1.82, 2.24) is 0 Å². The van der Waals surface area contributed by atoms with Crippen LogP contribution in [-0.2, 0) is 0 Å². The van der Waals surface area contributed by atoms with Gasteiger partial charge in [-0.1, -0.05) is 159 Å². The Labute approximate surface area is 250 Å². The molecule has 2 radical (unpaired) electrons. The number of rotatable bonds is 12. The Morgan fingerprint density at radius 1 is 0.512 bits per heavy atom. The van der Waals surface area contributed by atoms with Crippen LogP contribution in [0, 0.1) is 0 Å². The zero-order valence-corrected chi connectivity index (χ0v) is 25.7. The Morgan fingerprint density at radius 2 is 0.951 bits per heavy atom. The molecule has 0 saturated heterocycles. The van der Waals surface area contributed by atoms with Crippen molar-refractivity contribution in [3.63, 3.8) is 0 Å². The van der Waals surface area contributed by atoms with E-state index in [1.165, 1.54) is 84.0 Å². The molecule has 0 saturated carbocycles. The summed E-state index contributed by atoms with van der Waals surface area (Å²) in [6.45, 7) is 4.64. The molecule has 0 aromatic heterocycles. The molecule has 1 heteroatoms. The Bertz CT molecular complexity index is 1410. The van der Waals surface area contributed by atoms with E-state index in [-0.39, 0.29) is 0 Å². The highest BCUT2D eigenvalue weighted by molar-refractivity contribution is 6.36. The molecule has 0 bridgehead atoms. The van der Waals surface area contributed by atoms with Crippen LogP contribution in [0.15, 0.2) is 108 Å². The number of fused-ring (bicyclic) bond motifs is 2. The van der Waals surface area contributed by atoms with Gasteiger partial charge in [-0.25, -0.2) is 0 Å². The van der Waals surface area contributed by atoms with Gasteiger partial charge >= 0.3 is 0 Å². The van der Waals surface area contributed by atoms with Crippen LogP contribution in [-0.4, -0.2) is 9.52 Å². The third kappa shape index (κ3) is 5.83. The summed E-state index contributed by atoms with van der Waals surface area (Å²) in [7, 11) is 0.951. The Balaban J connectivity index is 1.25. The van der Waals surface area contributed by atoms with Crippen molar-refractivity contribution in [3.8, 4) is 22.3 Å². The molecule has 0 fully saturated rings. The van der Waals surface area contributed by atoms with Crippen LogP contribution in [0.3, 0.4) is 0 Å². The number of unbranched alkanes of at least 4 members (excludes halogenated alkanes) is 2. The van der Waals surface area contributed by atoms with Gasteiger partial charge in [0.1, 0.15) is 0 Å². The topological polar surface area (TPSA) is 0 Å². The second kappa shape index (κ2) is 13.0. The lowest BCUT2D eigenvalue weighted by Crippen LogP contribution is -2.08. The minimum absolute atomic E-state index is 0.568. The van der Waals surface area contributed by atoms with E-state index < -0.39 is 0 Å². The van der Waals surface area contributed by atoms with Gasteiger partial charge < -0.3 is 0 Å². The lowest BCUT2D eigenvalue weighted by Gasteiger charge is -2.21. The highest BCUT2D eigenvalue weighted by atomic mass is 28.2. The highest BCUT2D eigenvalue weighted by Crippen LogP contribution is 2.47. The van der Waals surface area contributed by atoms with Crippen LogP contribution in [0.25, 0.3) is 34.4 Å². The summed E-state index contributed by atoms with van der Waals surface area (Å²) in [5, 5.41) is 0. The lowest BCUT2D eigenvalue weighted by atomic mass is 9.92. The first-order valence-electron chi connectivity index (χ1n) is 15.8. The van der Waals surface area contributed by atoms with Crippen molar-refractivity contribution >= 4 is 21.7 Å². The fourth-order valence-corrected chi connectivity index (χ4v) is 8.62. The zero-order chi connectivity index (χ0) is 28.0. The molecule has 206 valence electrons. The molecule has 41 heavy (non-hydrogen) atoms.